The van der Waals surface area contributed by atoms with Crippen LogP contribution in [0, 0.1) is 17.6 Å². The van der Waals surface area contributed by atoms with E-state index in [9.17, 15) is 8.78 Å². The van der Waals surface area contributed by atoms with Gasteiger partial charge in [-0.1, -0.05) is 12.8 Å². The highest BCUT2D eigenvalue weighted by atomic mass is 19.2. The Morgan fingerprint density at radius 3 is 2.50 bits per heavy atom. The molecular weight excluding hydrogens is 210 g/mol. The molecule has 0 atom stereocenters. The van der Waals surface area contributed by atoms with Crippen LogP contribution in [0.5, 0.6) is 0 Å². The van der Waals surface area contributed by atoms with Gasteiger partial charge in [0.15, 0.2) is 11.6 Å². The van der Waals surface area contributed by atoms with Gasteiger partial charge in [0.2, 0.25) is 0 Å². The number of rotatable bonds is 2. The van der Waals surface area contributed by atoms with Crippen molar-refractivity contribution in [2.24, 2.45) is 16.6 Å². The van der Waals surface area contributed by atoms with Gasteiger partial charge in [0.25, 0.3) is 0 Å². The Bertz CT molecular complexity index is 409. The van der Waals surface area contributed by atoms with Crippen molar-refractivity contribution in [3.63, 3.8) is 0 Å². The van der Waals surface area contributed by atoms with Crippen molar-refractivity contribution in [1.29, 1.82) is 0 Å². The highest BCUT2D eigenvalue weighted by Gasteiger charge is 2.18. The van der Waals surface area contributed by atoms with E-state index in [0.717, 1.165) is 25.0 Å². The zero-order valence-electron chi connectivity index (χ0n) is 8.92. The van der Waals surface area contributed by atoms with E-state index < -0.39 is 11.6 Å². The molecule has 16 heavy (non-hydrogen) atoms. The van der Waals surface area contributed by atoms with Crippen LogP contribution < -0.4 is 5.73 Å². The second-order valence-electron chi connectivity index (χ2n) is 4.12. The van der Waals surface area contributed by atoms with Crippen molar-refractivity contribution in [2.45, 2.75) is 25.7 Å². The van der Waals surface area contributed by atoms with E-state index in [0.29, 0.717) is 17.4 Å². The molecule has 1 fully saturated rings. The molecule has 86 valence electrons. The first-order chi connectivity index (χ1) is 7.66. The Labute approximate surface area is 93.2 Å². The predicted octanol–water partition coefficient (Wildman–Crippen LogP) is 3.14. The van der Waals surface area contributed by atoms with E-state index >= 15 is 0 Å². The van der Waals surface area contributed by atoms with Crippen LogP contribution in [0.15, 0.2) is 23.2 Å². The predicted molar refractivity (Wildman–Crippen MR) is 59.6 cm³/mol. The molecule has 0 radical (unpaired) electrons. The monoisotopic (exact) mass is 224 g/mol. The average molecular weight is 224 g/mol. The molecule has 0 aromatic heterocycles. The largest absolute Gasteiger partial charge is 0.387 e. The fourth-order valence-corrected chi connectivity index (χ4v) is 2.02. The fourth-order valence-electron chi connectivity index (χ4n) is 2.02. The molecule has 0 amide bonds. The Hall–Kier alpha value is -1.45. The summed E-state index contributed by atoms with van der Waals surface area (Å²) in [5.41, 5.74) is 6.21. The zero-order valence-corrected chi connectivity index (χ0v) is 8.92. The highest BCUT2D eigenvalue weighted by Crippen LogP contribution is 2.26. The lowest BCUT2D eigenvalue weighted by atomic mass is 10.1. The lowest BCUT2D eigenvalue weighted by molar-refractivity contribution is 0.509. The molecule has 0 heterocycles. The third-order valence-corrected chi connectivity index (χ3v) is 2.93. The van der Waals surface area contributed by atoms with Gasteiger partial charge in [-0.3, -0.25) is 0 Å². The number of nitrogens with two attached hydrogens (primary N) is 1. The van der Waals surface area contributed by atoms with Crippen LogP contribution in [-0.4, -0.2) is 5.84 Å². The van der Waals surface area contributed by atoms with Crippen molar-refractivity contribution in [3.05, 3.63) is 29.8 Å². The summed E-state index contributed by atoms with van der Waals surface area (Å²) in [6.07, 6.45) is 4.41. The summed E-state index contributed by atoms with van der Waals surface area (Å²) in [6, 6.07) is 3.56. The van der Waals surface area contributed by atoms with E-state index in [4.69, 9.17) is 5.73 Å². The molecule has 1 aliphatic rings. The van der Waals surface area contributed by atoms with Gasteiger partial charge in [-0.15, -0.1) is 0 Å². The minimum atomic E-state index is -0.888. The van der Waals surface area contributed by atoms with Gasteiger partial charge in [-0.25, -0.2) is 13.8 Å². The number of hydrogen-bond acceptors (Lipinski definition) is 1. The first-order valence-corrected chi connectivity index (χ1v) is 5.46. The summed E-state index contributed by atoms with van der Waals surface area (Å²) in [7, 11) is 0. The van der Waals surface area contributed by atoms with Crippen molar-refractivity contribution < 1.29 is 8.78 Å². The van der Waals surface area contributed by atoms with Gasteiger partial charge in [0.05, 0.1) is 5.69 Å². The zero-order chi connectivity index (χ0) is 11.5. The van der Waals surface area contributed by atoms with Crippen LogP contribution in [0.1, 0.15) is 25.7 Å². The van der Waals surface area contributed by atoms with Crippen LogP contribution >= 0.6 is 0 Å². The maximum absolute atomic E-state index is 12.9. The smallest absolute Gasteiger partial charge is 0.160 e. The molecule has 0 aliphatic heterocycles. The quantitative estimate of drug-likeness (QED) is 0.608. The third-order valence-electron chi connectivity index (χ3n) is 2.93. The van der Waals surface area contributed by atoms with Gasteiger partial charge >= 0.3 is 0 Å². The molecule has 0 saturated heterocycles. The molecule has 0 unspecified atom stereocenters. The standard InChI is InChI=1S/C12H14F2N2/c13-10-6-5-9(7-11(10)14)16-12(15)8-3-1-2-4-8/h5-8H,1-4H2,(H2,15,16). The van der Waals surface area contributed by atoms with Gasteiger partial charge in [0, 0.05) is 12.0 Å². The normalized spacial score (nSPS) is 18.0. The van der Waals surface area contributed by atoms with Gasteiger partial charge in [-0.2, -0.15) is 0 Å². The number of nitrogens with zero attached hydrogens (tertiary/aromatic N) is 1. The number of benzene rings is 1. The lowest BCUT2D eigenvalue weighted by Gasteiger charge is -2.07. The van der Waals surface area contributed by atoms with Crippen LogP contribution in [0.4, 0.5) is 14.5 Å². The molecule has 1 aromatic rings. The van der Waals surface area contributed by atoms with E-state index in [1.165, 1.54) is 18.9 Å². The maximum Gasteiger partial charge on any atom is 0.160 e. The van der Waals surface area contributed by atoms with Crippen molar-refractivity contribution in [2.75, 3.05) is 0 Å². The van der Waals surface area contributed by atoms with Crippen molar-refractivity contribution in [3.8, 4) is 0 Å². The minimum absolute atomic E-state index is 0.299. The van der Waals surface area contributed by atoms with Gasteiger partial charge in [0.1, 0.15) is 5.84 Å². The van der Waals surface area contributed by atoms with Crippen LogP contribution in [0.3, 0.4) is 0 Å². The van der Waals surface area contributed by atoms with Crippen molar-refractivity contribution in [1.82, 2.24) is 0 Å². The summed E-state index contributed by atoms with van der Waals surface area (Å²) in [6.45, 7) is 0. The Balaban J connectivity index is 2.17. The molecular formula is C12H14F2N2. The molecule has 2 rings (SSSR count). The topological polar surface area (TPSA) is 38.4 Å². The second-order valence-corrected chi connectivity index (χ2v) is 4.12. The second kappa shape index (κ2) is 4.60. The molecule has 1 aliphatic carbocycles. The van der Waals surface area contributed by atoms with E-state index in [1.54, 1.807) is 0 Å². The molecule has 2 nitrogen and oxygen atoms in total. The summed E-state index contributed by atoms with van der Waals surface area (Å²) in [4.78, 5) is 4.13. The van der Waals surface area contributed by atoms with Crippen molar-refractivity contribution >= 4 is 11.5 Å². The molecule has 0 bridgehead atoms. The third kappa shape index (κ3) is 2.38. The summed E-state index contributed by atoms with van der Waals surface area (Å²) in [5, 5.41) is 0. The minimum Gasteiger partial charge on any atom is -0.387 e. The molecule has 0 spiro atoms. The highest BCUT2D eigenvalue weighted by molar-refractivity contribution is 5.85. The molecule has 2 N–H and O–H groups in total. The summed E-state index contributed by atoms with van der Waals surface area (Å²) < 4.78 is 25.6. The summed E-state index contributed by atoms with van der Waals surface area (Å²) >= 11 is 0. The molecule has 1 aromatic carbocycles. The lowest BCUT2D eigenvalue weighted by Crippen LogP contribution is -2.20. The maximum atomic E-state index is 12.9. The van der Waals surface area contributed by atoms with E-state index in [-0.39, 0.29) is 0 Å². The van der Waals surface area contributed by atoms with Crippen LogP contribution in [0.25, 0.3) is 0 Å². The number of aliphatic imine (C=N–C) groups is 1. The first-order valence-electron chi connectivity index (χ1n) is 5.46. The fraction of sp³-hybridized carbons (Fsp3) is 0.417. The first kappa shape index (κ1) is 11.0. The Morgan fingerprint density at radius 1 is 1.19 bits per heavy atom. The van der Waals surface area contributed by atoms with Crippen LogP contribution in [-0.2, 0) is 0 Å². The molecule has 4 heteroatoms. The Morgan fingerprint density at radius 2 is 1.88 bits per heavy atom. The number of halogens is 2. The van der Waals surface area contributed by atoms with E-state index in [2.05, 4.69) is 4.99 Å². The number of hydrogen-bond donors (Lipinski definition) is 1. The van der Waals surface area contributed by atoms with Gasteiger partial charge in [-0.05, 0) is 25.0 Å². The molecule has 1 saturated carbocycles. The average Bonchev–Trinajstić information content (AvgIpc) is 2.77. The van der Waals surface area contributed by atoms with Gasteiger partial charge < -0.3 is 5.73 Å². The summed E-state index contributed by atoms with van der Waals surface area (Å²) in [5.74, 6) is -0.921. The Kier molecular flexibility index (Phi) is 3.17. The SMILES string of the molecule is NC(=Nc1ccc(F)c(F)c1)C1CCCC1. The van der Waals surface area contributed by atoms with Crippen LogP contribution in [0.2, 0.25) is 0 Å². The number of amidine groups is 1. The van der Waals surface area contributed by atoms with E-state index in [1.807, 2.05) is 0 Å².